The van der Waals surface area contributed by atoms with Gasteiger partial charge in [-0.25, -0.2) is 4.68 Å². The molecule has 2 aromatic carbocycles. The Morgan fingerprint density at radius 1 is 1.24 bits per heavy atom. The highest BCUT2D eigenvalue weighted by Gasteiger charge is 2.41. The lowest BCUT2D eigenvalue weighted by atomic mass is 9.79. The van der Waals surface area contributed by atoms with Crippen molar-refractivity contribution in [2.45, 2.75) is 26.3 Å². The van der Waals surface area contributed by atoms with Crippen molar-refractivity contribution in [2.24, 2.45) is 5.92 Å². The number of nitriles is 1. The molecule has 1 N–H and O–H groups in total. The van der Waals surface area contributed by atoms with Gasteiger partial charge in [0.05, 0.1) is 36.0 Å². The van der Waals surface area contributed by atoms with E-state index in [9.17, 15) is 15.4 Å². The van der Waals surface area contributed by atoms with Crippen LogP contribution in [0.2, 0.25) is 0 Å². The maximum absolute atomic E-state index is 11.1. The summed E-state index contributed by atoms with van der Waals surface area (Å²) < 4.78 is 14.5. The summed E-state index contributed by atoms with van der Waals surface area (Å²) in [6.45, 7) is 4.07. The van der Waals surface area contributed by atoms with Gasteiger partial charge in [0.25, 0.3) is 0 Å². The van der Waals surface area contributed by atoms with Crippen LogP contribution in [0.25, 0.3) is 5.69 Å². The number of aromatic nitrogens is 4. The maximum Gasteiger partial charge on any atom is 0.307 e. The Morgan fingerprint density at radius 3 is 2.65 bits per heavy atom. The van der Waals surface area contributed by atoms with E-state index in [0.717, 1.165) is 27.9 Å². The molecule has 2 unspecified atom stereocenters. The number of methoxy groups -OCH3 is 1. The number of hydrogen-bond donors (Lipinski definition) is 1. The van der Waals surface area contributed by atoms with Crippen LogP contribution < -0.4 is 9.47 Å². The molecule has 2 aromatic heterocycles. The maximum atomic E-state index is 11.1. The molecule has 1 aliphatic heterocycles. The summed E-state index contributed by atoms with van der Waals surface area (Å²) in [5.74, 6) is -0.563. The molecule has 4 aromatic rings. The average Bonchev–Trinajstić information content (AvgIpc) is 3.48. The SMILES string of the molecule is COc1ccc(C2c3c(C)nn(-c4ccc(C)cc4)c3OC(=N)C2C#N)cc1Cn1cc([N+](=O)[O-])cn1. The fourth-order valence-electron chi connectivity index (χ4n) is 4.64. The summed E-state index contributed by atoms with van der Waals surface area (Å²) in [5, 5.41) is 38.4. The van der Waals surface area contributed by atoms with Crippen LogP contribution in [0.4, 0.5) is 5.69 Å². The third-order valence-electron chi connectivity index (χ3n) is 6.44. The first-order valence-electron chi connectivity index (χ1n) is 11.5. The molecule has 11 nitrogen and oxygen atoms in total. The molecule has 0 radical (unpaired) electrons. The molecule has 0 spiro atoms. The second-order valence-electron chi connectivity index (χ2n) is 8.83. The topological polar surface area (TPSA) is 145 Å². The highest BCUT2D eigenvalue weighted by molar-refractivity contribution is 5.85. The molecule has 5 rings (SSSR count). The molecule has 2 atom stereocenters. The Bertz CT molecular complexity index is 1560. The second kappa shape index (κ2) is 9.23. The summed E-state index contributed by atoms with van der Waals surface area (Å²) >= 11 is 0. The second-order valence-corrected chi connectivity index (χ2v) is 8.83. The number of nitrogens with one attached hydrogen (secondary N) is 1. The number of nitrogens with zero attached hydrogens (tertiary/aromatic N) is 6. The Kier molecular flexibility index (Phi) is 5.93. The lowest BCUT2D eigenvalue weighted by Gasteiger charge is -2.29. The van der Waals surface area contributed by atoms with E-state index in [4.69, 9.17) is 20.0 Å². The van der Waals surface area contributed by atoms with Crippen LogP contribution in [0.1, 0.15) is 33.9 Å². The predicted molar refractivity (Wildman–Crippen MR) is 133 cm³/mol. The van der Waals surface area contributed by atoms with E-state index in [1.54, 1.807) is 17.9 Å². The van der Waals surface area contributed by atoms with Crippen molar-refractivity contribution in [3.63, 3.8) is 0 Å². The number of nitro groups is 1. The minimum absolute atomic E-state index is 0.110. The monoisotopic (exact) mass is 497 g/mol. The molecule has 0 saturated heterocycles. The zero-order valence-corrected chi connectivity index (χ0v) is 20.4. The van der Waals surface area contributed by atoms with Gasteiger partial charge >= 0.3 is 5.69 Å². The van der Waals surface area contributed by atoms with Crippen molar-refractivity contribution in [3.05, 3.63) is 92.9 Å². The Hall–Kier alpha value is -4.98. The van der Waals surface area contributed by atoms with E-state index in [2.05, 4.69) is 11.2 Å². The van der Waals surface area contributed by atoms with Gasteiger partial charge in [0, 0.05) is 17.0 Å². The first-order chi connectivity index (χ1) is 17.8. The molecular weight excluding hydrogens is 474 g/mol. The molecule has 0 aliphatic carbocycles. The zero-order chi connectivity index (χ0) is 26.3. The van der Waals surface area contributed by atoms with Crippen molar-refractivity contribution in [2.75, 3.05) is 7.11 Å². The van der Waals surface area contributed by atoms with Gasteiger partial charge in [-0.2, -0.15) is 15.5 Å². The van der Waals surface area contributed by atoms with Crippen molar-refractivity contribution < 1.29 is 14.4 Å². The van der Waals surface area contributed by atoms with E-state index >= 15 is 0 Å². The van der Waals surface area contributed by atoms with Gasteiger partial charge < -0.3 is 9.47 Å². The number of rotatable bonds is 6. The van der Waals surface area contributed by atoms with Gasteiger partial charge in [-0.05, 0) is 43.7 Å². The quantitative estimate of drug-likeness (QED) is 0.309. The molecule has 3 heterocycles. The van der Waals surface area contributed by atoms with Crippen LogP contribution in [0.5, 0.6) is 11.6 Å². The Labute approximate surface area is 212 Å². The molecule has 11 heteroatoms. The number of fused-ring (bicyclic) bond motifs is 1. The van der Waals surface area contributed by atoms with Crippen molar-refractivity contribution in [1.29, 1.82) is 10.7 Å². The van der Waals surface area contributed by atoms with E-state index in [0.29, 0.717) is 17.3 Å². The van der Waals surface area contributed by atoms with Crippen molar-refractivity contribution >= 4 is 11.6 Å². The number of aryl methyl sites for hydroxylation is 2. The minimum Gasteiger partial charge on any atom is -0.496 e. The van der Waals surface area contributed by atoms with Crippen LogP contribution in [-0.2, 0) is 6.54 Å². The van der Waals surface area contributed by atoms with Crippen LogP contribution in [0, 0.1) is 46.6 Å². The molecule has 0 amide bonds. The Balaban J connectivity index is 1.62. The number of ether oxygens (including phenoxy) is 2. The summed E-state index contributed by atoms with van der Waals surface area (Å²) in [6, 6.07) is 15.5. The third kappa shape index (κ3) is 4.18. The minimum atomic E-state index is -0.867. The lowest BCUT2D eigenvalue weighted by molar-refractivity contribution is -0.385. The van der Waals surface area contributed by atoms with E-state index < -0.39 is 16.8 Å². The average molecular weight is 498 g/mol. The molecule has 0 bridgehead atoms. The summed E-state index contributed by atoms with van der Waals surface area (Å²) in [4.78, 5) is 10.6. The largest absolute Gasteiger partial charge is 0.496 e. The van der Waals surface area contributed by atoms with Gasteiger partial charge in [0.1, 0.15) is 24.1 Å². The lowest BCUT2D eigenvalue weighted by Crippen LogP contribution is -2.31. The van der Waals surface area contributed by atoms with E-state index in [-0.39, 0.29) is 18.1 Å². The van der Waals surface area contributed by atoms with Gasteiger partial charge in [-0.3, -0.25) is 20.2 Å². The number of benzene rings is 2. The van der Waals surface area contributed by atoms with E-state index in [1.807, 2.05) is 50.2 Å². The summed E-state index contributed by atoms with van der Waals surface area (Å²) in [6.07, 6.45) is 2.54. The van der Waals surface area contributed by atoms with E-state index in [1.165, 1.54) is 17.1 Å². The van der Waals surface area contributed by atoms with Crippen LogP contribution in [-0.4, -0.2) is 37.5 Å². The smallest absolute Gasteiger partial charge is 0.307 e. The molecule has 0 fully saturated rings. The van der Waals surface area contributed by atoms with Gasteiger partial charge in [-0.15, -0.1) is 0 Å². The van der Waals surface area contributed by atoms with Crippen molar-refractivity contribution in [1.82, 2.24) is 19.6 Å². The molecule has 37 heavy (non-hydrogen) atoms. The standard InChI is InChI=1S/C26H23N7O4/c1-15-4-7-19(8-5-15)32-26-23(16(2)30-32)24(21(11-27)25(28)37-26)17-6-9-22(36-3)18(10-17)13-31-14-20(12-29-31)33(34)35/h4-10,12,14,21,24,28H,13H2,1-3H3. The highest BCUT2D eigenvalue weighted by Crippen LogP contribution is 2.45. The first kappa shape index (κ1) is 23.7. The highest BCUT2D eigenvalue weighted by atomic mass is 16.6. The number of hydrogen-bond acceptors (Lipinski definition) is 8. The normalized spacial score (nSPS) is 16.5. The van der Waals surface area contributed by atoms with Gasteiger partial charge in [0.15, 0.2) is 0 Å². The van der Waals surface area contributed by atoms with Crippen LogP contribution in [0.3, 0.4) is 0 Å². The first-order valence-corrected chi connectivity index (χ1v) is 11.5. The molecule has 0 saturated carbocycles. The van der Waals surface area contributed by atoms with Crippen LogP contribution in [0.15, 0.2) is 54.9 Å². The van der Waals surface area contributed by atoms with Gasteiger partial charge in [-0.1, -0.05) is 23.8 Å². The molecule has 1 aliphatic rings. The Morgan fingerprint density at radius 2 is 2.00 bits per heavy atom. The zero-order valence-electron chi connectivity index (χ0n) is 20.4. The summed E-state index contributed by atoms with van der Waals surface area (Å²) in [5.41, 5.74) is 4.69. The van der Waals surface area contributed by atoms with Crippen LogP contribution >= 0.6 is 0 Å². The fraction of sp³-hybridized carbons (Fsp3) is 0.231. The molecule has 186 valence electrons. The fourth-order valence-corrected chi connectivity index (χ4v) is 4.64. The predicted octanol–water partition coefficient (Wildman–Crippen LogP) is 4.29. The molecular formula is C26H23N7O4. The van der Waals surface area contributed by atoms with Crippen molar-refractivity contribution in [3.8, 4) is 23.4 Å². The summed E-state index contributed by atoms with van der Waals surface area (Å²) in [7, 11) is 1.54. The van der Waals surface area contributed by atoms with Gasteiger partial charge in [0.2, 0.25) is 11.8 Å². The third-order valence-corrected chi connectivity index (χ3v) is 6.44.